The zero-order chi connectivity index (χ0) is 20.0. The van der Waals surface area contributed by atoms with Crippen LogP contribution in [0.5, 0.6) is 0 Å². The third kappa shape index (κ3) is 5.44. The van der Waals surface area contributed by atoms with Crippen LogP contribution in [0.1, 0.15) is 16.8 Å². The van der Waals surface area contributed by atoms with Crippen LogP contribution in [0.3, 0.4) is 0 Å². The lowest BCUT2D eigenvalue weighted by atomic mass is 10.2. The predicted molar refractivity (Wildman–Crippen MR) is 106 cm³/mol. The Morgan fingerprint density at radius 1 is 1.19 bits per heavy atom. The van der Waals surface area contributed by atoms with E-state index >= 15 is 0 Å². The molecule has 2 N–H and O–H groups in total. The van der Waals surface area contributed by atoms with Crippen LogP contribution in [0, 0.1) is 11.3 Å². The van der Waals surface area contributed by atoms with E-state index in [9.17, 15) is 13.2 Å². The van der Waals surface area contributed by atoms with Gasteiger partial charge in [-0.1, -0.05) is 11.6 Å². The summed E-state index contributed by atoms with van der Waals surface area (Å²) in [4.78, 5) is 14.4. The monoisotopic (exact) mass is 406 g/mol. The molecule has 0 aliphatic rings. The van der Waals surface area contributed by atoms with E-state index in [1.54, 1.807) is 18.2 Å². The van der Waals surface area contributed by atoms with Gasteiger partial charge in [0.05, 0.1) is 22.3 Å². The first kappa shape index (κ1) is 20.7. The molecule has 1 amide bonds. The second kappa shape index (κ2) is 8.86. The Bertz CT molecular complexity index is 967. The van der Waals surface area contributed by atoms with E-state index in [1.807, 2.05) is 25.1 Å². The number of nitriles is 1. The van der Waals surface area contributed by atoms with Crippen molar-refractivity contribution in [2.45, 2.75) is 11.3 Å². The highest BCUT2D eigenvalue weighted by molar-refractivity contribution is 7.89. The van der Waals surface area contributed by atoms with Crippen LogP contribution >= 0.6 is 11.6 Å². The Morgan fingerprint density at radius 3 is 2.44 bits per heavy atom. The molecule has 0 aliphatic heterocycles. The van der Waals surface area contributed by atoms with Gasteiger partial charge in [0.15, 0.2) is 0 Å². The second-order valence-electron chi connectivity index (χ2n) is 5.84. The number of hydrogen-bond acceptors (Lipinski definition) is 5. The van der Waals surface area contributed by atoms with E-state index in [0.717, 1.165) is 5.69 Å². The fraction of sp³-hybridized carbons (Fsp3) is 0.222. The van der Waals surface area contributed by atoms with Crippen molar-refractivity contribution in [1.82, 2.24) is 4.72 Å². The van der Waals surface area contributed by atoms with Gasteiger partial charge in [0, 0.05) is 37.6 Å². The molecule has 0 atom stereocenters. The molecule has 0 radical (unpaired) electrons. The summed E-state index contributed by atoms with van der Waals surface area (Å²) in [6.45, 7) is 0.0309. The minimum atomic E-state index is -3.71. The van der Waals surface area contributed by atoms with Gasteiger partial charge < -0.3 is 10.2 Å². The number of hydrogen-bond donors (Lipinski definition) is 2. The summed E-state index contributed by atoms with van der Waals surface area (Å²) in [5.41, 5.74) is 1.64. The van der Waals surface area contributed by atoms with Gasteiger partial charge in [-0.3, -0.25) is 4.79 Å². The van der Waals surface area contributed by atoms with Gasteiger partial charge in [-0.05, 0) is 42.5 Å². The van der Waals surface area contributed by atoms with Crippen molar-refractivity contribution in [3.8, 4) is 6.07 Å². The van der Waals surface area contributed by atoms with Crippen LogP contribution in [-0.2, 0) is 10.0 Å². The fourth-order valence-electron chi connectivity index (χ4n) is 2.30. The molecule has 0 spiro atoms. The number of sulfonamides is 1. The molecule has 142 valence electrons. The lowest BCUT2D eigenvalue weighted by Crippen LogP contribution is -2.24. The number of nitrogens with zero attached hydrogens (tertiary/aromatic N) is 2. The topological polar surface area (TPSA) is 102 Å². The minimum absolute atomic E-state index is 0.0220. The summed E-state index contributed by atoms with van der Waals surface area (Å²) in [6.07, 6.45) is 0.0769. The van der Waals surface area contributed by atoms with Crippen molar-refractivity contribution in [3.63, 3.8) is 0 Å². The number of rotatable bonds is 7. The smallest absolute Gasteiger partial charge is 0.255 e. The molecule has 2 aromatic carbocycles. The Balaban J connectivity index is 2.17. The Morgan fingerprint density at radius 2 is 1.85 bits per heavy atom. The summed E-state index contributed by atoms with van der Waals surface area (Å²) >= 11 is 6.01. The molecule has 0 fully saturated rings. The van der Waals surface area contributed by atoms with Gasteiger partial charge in [-0.2, -0.15) is 5.26 Å². The molecule has 0 unspecified atom stereocenters. The first-order valence-corrected chi connectivity index (χ1v) is 9.85. The van der Waals surface area contributed by atoms with Crippen molar-refractivity contribution in [3.05, 3.63) is 53.1 Å². The molecular formula is C18H19ClN4O3S. The first-order chi connectivity index (χ1) is 12.7. The normalized spacial score (nSPS) is 10.9. The molecular weight excluding hydrogens is 388 g/mol. The molecule has 0 saturated carbocycles. The van der Waals surface area contributed by atoms with E-state index < -0.39 is 10.0 Å². The quantitative estimate of drug-likeness (QED) is 0.688. The van der Waals surface area contributed by atoms with E-state index in [1.165, 1.54) is 24.3 Å². The van der Waals surface area contributed by atoms with Crippen LogP contribution in [-0.4, -0.2) is 35.0 Å². The minimum Gasteiger partial charge on any atom is -0.376 e. The van der Waals surface area contributed by atoms with Crippen LogP contribution in [0.15, 0.2) is 47.4 Å². The third-order valence-corrected chi connectivity index (χ3v) is 5.36. The Kier molecular flexibility index (Phi) is 6.80. The van der Waals surface area contributed by atoms with E-state index in [2.05, 4.69) is 10.0 Å². The highest BCUT2D eigenvalue weighted by atomic mass is 35.5. The Hall–Kier alpha value is -2.60. The fourth-order valence-corrected chi connectivity index (χ4v) is 3.51. The number of anilines is 2. The van der Waals surface area contributed by atoms with E-state index in [0.29, 0.717) is 16.3 Å². The van der Waals surface area contributed by atoms with Crippen molar-refractivity contribution in [1.29, 1.82) is 5.26 Å². The number of halogens is 1. The van der Waals surface area contributed by atoms with Crippen LogP contribution in [0.2, 0.25) is 5.02 Å². The van der Waals surface area contributed by atoms with Gasteiger partial charge in [0.2, 0.25) is 10.0 Å². The molecule has 0 aliphatic carbocycles. The average Bonchev–Trinajstić information content (AvgIpc) is 2.61. The standard InChI is InChI=1S/C18H19ClN4O3S/c1-23(2)17-9-6-14(19)12-16(17)22-18(24)13-4-7-15(8-5-13)27(25,26)21-11-3-10-20/h4-9,12,21H,3,11H2,1-2H3,(H,22,24). The van der Waals surface area contributed by atoms with E-state index in [-0.39, 0.29) is 23.8 Å². The van der Waals surface area contributed by atoms with Crippen LogP contribution < -0.4 is 14.9 Å². The maximum absolute atomic E-state index is 12.5. The Labute approximate surface area is 163 Å². The predicted octanol–water partition coefficient (Wildman–Crippen LogP) is 2.85. The molecule has 0 heterocycles. The summed E-state index contributed by atoms with van der Waals surface area (Å²) in [5, 5.41) is 11.8. The lowest BCUT2D eigenvalue weighted by molar-refractivity contribution is 0.102. The van der Waals surface area contributed by atoms with Crippen molar-refractivity contribution >= 4 is 38.9 Å². The molecule has 27 heavy (non-hydrogen) atoms. The SMILES string of the molecule is CN(C)c1ccc(Cl)cc1NC(=O)c1ccc(S(=O)(=O)NCCC#N)cc1. The number of nitrogens with one attached hydrogen (secondary N) is 2. The highest BCUT2D eigenvalue weighted by Crippen LogP contribution is 2.28. The lowest BCUT2D eigenvalue weighted by Gasteiger charge is -2.18. The first-order valence-electron chi connectivity index (χ1n) is 7.99. The highest BCUT2D eigenvalue weighted by Gasteiger charge is 2.15. The van der Waals surface area contributed by atoms with Crippen LogP contribution in [0.25, 0.3) is 0 Å². The molecule has 0 aromatic heterocycles. The molecule has 7 nitrogen and oxygen atoms in total. The molecule has 0 saturated heterocycles. The number of amides is 1. The third-order valence-electron chi connectivity index (χ3n) is 3.64. The summed E-state index contributed by atoms with van der Waals surface area (Å²) < 4.78 is 26.5. The van der Waals surface area contributed by atoms with Gasteiger partial charge in [-0.15, -0.1) is 0 Å². The zero-order valence-corrected chi connectivity index (χ0v) is 16.4. The van der Waals surface area contributed by atoms with Gasteiger partial charge in [0.25, 0.3) is 5.91 Å². The molecule has 9 heteroatoms. The molecule has 2 aromatic rings. The van der Waals surface area contributed by atoms with Crippen molar-refractivity contribution in [2.24, 2.45) is 0 Å². The van der Waals surface area contributed by atoms with Gasteiger partial charge in [0.1, 0.15) is 0 Å². The number of carbonyl (C=O) groups excluding carboxylic acids is 1. The maximum Gasteiger partial charge on any atom is 0.255 e. The second-order valence-corrected chi connectivity index (χ2v) is 8.04. The molecule has 0 bridgehead atoms. The van der Waals surface area contributed by atoms with Gasteiger partial charge in [-0.25, -0.2) is 13.1 Å². The zero-order valence-electron chi connectivity index (χ0n) is 14.9. The van der Waals surface area contributed by atoms with Gasteiger partial charge >= 0.3 is 0 Å². The average molecular weight is 407 g/mol. The van der Waals surface area contributed by atoms with Crippen molar-refractivity contribution in [2.75, 3.05) is 30.9 Å². The summed E-state index contributed by atoms with van der Waals surface area (Å²) in [5.74, 6) is -0.387. The van der Waals surface area contributed by atoms with Crippen LogP contribution in [0.4, 0.5) is 11.4 Å². The largest absolute Gasteiger partial charge is 0.376 e. The van der Waals surface area contributed by atoms with Crippen molar-refractivity contribution < 1.29 is 13.2 Å². The molecule has 2 rings (SSSR count). The van der Waals surface area contributed by atoms with E-state index in [4.69, 9.17) is 16.9 Å². The summed E-state index contributed by atoms with van der Waals surface area (Å²) in [7, 11) is -0.0242. The number of carbonyl (C=O) groups is 1. The maximum atomic E-state index is 12.5. The summed E-state index contributed by atoms with van der Waals surface area (Å²) in [6, 6.07) is 12.6. The number of benzene rings is 2.